The minimum atomic E-state index is -0.338. The minimum absolute atomic E-state index is 0.0898. The maximum atomic E-state index is 13.8. The number of pyridine rings is 1. The van der Waals surface area contributed by atoms with E-state index in [-0.39, 0.29) is 17.7 Å². The molecule has 0 radical (unpaired) electrons. The van der Waals surface area contributed by atoms with E-state index in [0.29, 0.717) is 52.8 Å². The van der Waals surface area contributed by atoms with Gasteiger partial charge in [-0.05, 0) is 97.5 Å². The number of carbonyl (C=O) groups is 3. The highest BCUT2D eigenvalue weighted by molar-refractivity contribution is 6.08. The third kappa shape index (κ3) is 6.88. The van der Waals surface area contributed by atoms with E-state index in [1.165, 1.54) is 23.7 Å². The van der Waals surface area contributed by atoms with Crippen molar-refractivity contribution in [3.63, 3.8) is 0 Å². The largest absolute Gasteiger partial charge is 0.339 e. The summed E-state index contributed by atoms with van der Waals surface area (Å²) in [5, 5.41) is 13.2. The van der Waals surface area contributed by atoms with Crippen molar-refractivity contribution in [1.29, 1.82) is 5.26 Å². The number of aryl methyl sites for hydroxylation is 1. The molecule has 43 heavy (non-hydrogen) atoms. The molecule has 3 aromatic carbocycles. The van der Waals surface area contributed by atoms with Crippen molar-refractivity contribution in [2.45, 2.75) is 32.6 Å². The van der Waals surface area contributed by atoms with E-state index in [0.717, 1.165) is 18.4 Å². The van der Waals surface area contributed by atoms with Crippen LogP contribution in [0.15, 0.2) is 91.3 Å². The molecule has 0 aliphatic carbocycles. The topological polar surface area (TPSA) is 118 Å². The van der Waals surface area contributed by atoms with E-state index in [1.54, 1.807) is 54.7 Å². The first-order valence-electron chi connectivity index (χ1n) is 14.1. The summed E-state index contributed by atoms with van der Waals surface area (Å²) in [6.07, 6.45) is 4.76. The molecule has 1 fully saturated rings. The summed E-state index contributed by atoms with van der Waals surface area (Å²) in [4.78, 5) is 44.8. The second-order valence-corrected chi connectivity index (χ2v) is 10.6. The molecule has 0 saturated carbocycles. The molecule has 2 heterocycles. The molecule has 4 aromatic rings. The summed E-state index contributed by atoms with van der Waals surface area (Å²) >= 11 is 0. The lowest BCUT2D eigenvalue weighted by molar-refractivity contribution is -0.114. The Balaban J connectivity index is 1.37. The SMILES string of the molecule is CC(=O)Nc1ccc(NN(C(=O)c2cccnc2)c2cc(C(=O)N3CCC(c4ccc(C#N)cc4)CC3)ccc2C)cc1. The zero-order valence-electron chi connectivity index (χ0n) is 24.1. The van der Waals surface area contributed by atoms with Crippen molar-refractivity contribution in [2.75, 3.05) is 28.8 Å². The van der Waals surface area contributed by atoms with Gasteiger partial charge in [0.1, 0.15) is 0 Å². The van der Waals surface area contributed by atoms with Gasteiger partial charge in [-0.1, -0.05) is 18.2 Å². The Morgan fingerprint density at radius 1 is 0.930 bits per heavy atom. The third-order valence-corrected chi connectivity index (χ3v) is 7.55. The number of piperidine rings is 1. The van der Waals surface area contributed by atoms with E-state index in [2.05, 4.69) is 21.8 Å². The first kappa shape index (κ1) is 29.0. The second kappa shape index (κ2) is 13.0. The Labute approximate surface area is 250 Å². The standard InChI is InChI=1S/C34H32N6O3/c1-23-5-8-28(33(42)39-18-15-27(16-19-39)26-9-6-25(21-35)7-10-26)20-32(23)40(34(43)29-4-3-17-36-22-29)38-31-13-11-30(12-14-31)37-24(2)41/h3-14,17,20,22,27,38H,15-16,18-19H2,1-2H3,(H,37,41). The monoisotopic (exact) mass is 572 g/mol. The maximum Gasteiger partial charge on any atom is 0.278 e. The molecule has 5 rings (SSSR count). The number of amides is 3. The number of benzene rings is 3. The smallest absolute Gasteiger partial charge is 0.278 e. The van der Waals surface area contributed by atoms with E-state index >= 15 is 0 Å². The lowest BCUT2D eigenvalue weighted by Crippen LogP contribution is -2.39. The first-order valence-corrected chi connectivity index (χ1v) is 14.1. The van der Waals surface area contributed by atoms with Crippen LogP contribution < -0.4 is 15.8 Å². The van der Waals surface area contributed by atoms with E-state index in [9.17, 15) is 14.4 Å². The molecule has 1 aliphatic heterocycles. The number of nitrogens with zero attached hydrogens (tertiary/aromatic N) is 4. The molecule has 1 aromatic heterocycles. The summed E-state index contributed by atoms with van der Waals surface area (Å²) in [5.74, 6) is -0.271. The fourth-order valence-electron chi connectivity index (χ4n) is 5.21. The van der Waals surface area contributed by atoms with E-state index in [4.69, 9.17) is 5.26 Å². The Bertz CT molecular complexity index is 1660. The number of nitrogens with one attached hydrogen (secondary N) is 2. The van der Waals surface area contributed by atoms with Gasteiger partial charge in [-0.25, -0.2) is 5.01 Å². The fraction of sp³-hybridized carbons (Fsp3) is 0.206. The van der Waals surface area contributed by atoms with Crippen molar-refractivity contribution >= 4 is 34.8 Å². The zero-order chi connectivity index (χ0) is 30.3. The van der Waals surface area contributed by atoms with Gasteiger partial charge in [0.15, 0.2) is 0 Å². The summed E-state index contributed by atoms with van der Waals surface area (Å²) < 4.78 is 0. The van der Waals surface area contributed by atoms with Crippen LogP contribution >= 0.6 is 0 Å². The second-order valence-electron chi connectivity index (χ2n) is 10.6. The first-order chi connectivity index (χ1) is 20.8. The number of hydrogen-bond acceptors (Lipinski definition) is 6. The van der Waals surface area contributed by atoms with Crippen LogP contribution in [-0.2, 0) is 4.79 Å². The molecule has 216 valence electrons. The number of nitriles is 1. The van der Waals surface area contributed by atoms with Gasteiger partial charge in [0.25, 0.3) is 11.8 Å². The van der Waals surface area contributed by atoms with Crippen LogP contribution in [0.25, 0.3) is 0 Å². The summed E-state index contributed by atoms with van der Waals surface area (Å²) in [6, 6.07) is 25.6. The summed E-state index contributed by atoms with van der Waals surface area (Å²) in [5.41, 5.74) is 8.48. The number of hydrogen-bond donors (Lipinski definition) is 2. The van der Waals surface area contributed by atoms with Crippen molar-refractivity contribution in [3.05, 3.63) is 119 Å². The molecule has 0 unspecified atom stereocenters. The molecular weight excluding hydrogens is 540 g/mol. The fourth-order valence-corrected chi connectivity index (χ4v) is 5.21. The van der Waals surface area contributed by atoms with Crippen molar-refractivity contribution in [3.8, 4) is 6.07 Å². The highest BCUT2D eigenvalue weighted by Gasteiger charge is 2.27. The van der Waals surface area contributed by atoms with Gasteiger partial charge in [-0.2, -0.15) is 5.26 Å². The van der Waals surface area contributed by atoms with E-state index < -0.39 is 0 Å². The van der Waals surface area contributed by atoms with Gasteiger partial charge in [-0.15, -0.1) is 0 Å². The summed E-state index contributed by atoms with van der Waals surface area (Å²) in [7, 11) is 0. The number of aromatic nitrogens is 1. The molecule has 0 spiro atoms. The highest BCUT2D eigenvalue weighted by Crippen LogP contribution is 2.30. The molecule has 2 N–H and O–H groups in total. The zero-order valence-corrected chi connectivity index (χ0v) is 24.1. The number of likely N-dealkylation sites (tertiary alicyclic amines) is 1. The molecule has 3 amide bonds. The lowest BCUT2D eigenvalue weighted by Gasteiger charge is -2.33. The van der Waals surface area contributed by atoms with Crippen LogP contribution in [0.5, 0.6) is 0 Å². The van der Waals surface area contributed by atoms with Crippen LogP contribution in [0.3, 0.4) is 0 Å². The summed E-state index contributed by atoms with van der Waals surface area (Å²) in [6.45, 7) is 4.56. The molecule has 1 aliphatic rings. The van der Waals surface area contributed by atoms with Gasteiger partial charge in [0, 0.05) is 43.7 Å². The van der Waals surface area contributed by atoms with Crippen LogP contribution in [0, 0.1) is 18.3 Å². The van der Waals surface area contributed by atoms with Crippen molar-refractivity contribution in [1.82, 2.24) is 9.88 Å². The molecule has 0 atom stereocenters. The quantitative estimate of drug-likeness (QED) is 0.266. The van der Waals surface area contributed by atoms with Gasteiger partial charge in [0.05, 0.1) is 28.6 Å². The van der Waals surface area contributed by atoms with Crippen molar-refractivity contribution < 1.29 is 14.4 Å². The number of rotatable bonds is 7. The maximum absolute atomic E-state index is 13.8. The molecule has 0 bridgehead atoms. The van der Waals surface area contributed by atoms with Gasteiger partial charge >= 0.3 is 0 Å². The van der Waals surface area contributed by atoms with Crippen LogP contribution in [0.1, 0.15) is 63.1 Å². The third-order valence-electron chi connectivity index (χ3n) is 7.55. The number of carbonyl (C=O) groups excluding carboxylic acids is 3. The predicted molar refractivity (Wildman–Crippen MR) is 166 cm³/mol. The Kier molecular flexibility index (Phi) is 8.77. The van der Waals surface area contributed by atoms with Crippen LogP contribution in [0.4, 0.5) is 17.1 Å². The number of anilines is 3. The van der Waals surface area contributed by atoms with Crippen LogP contribution in [-0.4, -0.2) is 40.7 Å². The molecule has 9 heteroatoms. The van der Waals surface area contributed by atoms with Crippen LogP contribution in [0.2, 0.25) is 0 Å². The normalized spacial score (nSPS) is 13.1. The number of hydrazine groups is 1. The predicted octanol–water partition coefficient (Wildman–Crippen LogP) is 5.91. The van der Waals surface area contributed by atoms with E-state index in [1.807, 2.05) is 42.2 Å². The average molecular weight is 573 g/mol. The molecular formula is C34H32N6O3. The highest BCUT2D eigenvalue weighted by atomic mass is 16.2. The minimum Gasteiger partial charge on any atom is -0.339 e. The van der Waals surface area contributed by atoms with Gasteiger partial charge in [0.2, 0.25) is 5.91 Å². The lowest BCUT2D eigenvalue weighted by atomic mass is 9.89. The van der Waals surface area contributed by atoms with Gasteiger partial charge < -0.3 is 10.2 Å². The van der Waals surface area contributed by atoms with Crippen molar-refractivity contribution in [2.24, 2.45) is 0 Å². The van der Waals surface area contributed by atoms with Gasteiger partial charge in [-0.3, -0.25) is 24.8 Å². The Hall–Kier alpha value is -5.49. The Morgan fingerprint density at radius 3 is 2.26 bits per heavy atom. The Morgan fingerprint density at radius 2 is 1.63 bits per heavy atom. The molecule has 1 saturated heterocycles. The molecule has 9 nitrogen and oxygen atoms in total. The average Bonchev–Trinajstić information content (AvgIpc) is 3.04.